The van der Waals surface area contributed by atoms with E-state index in [1.54, 1.807) is 6.07 Å². The number of Topliss-reactive ketones (excluding diaryl/α,β-unsaturated/α-hetero) is 1. The number of carbonyl (C=O) groups excluding carboxylic acids is 1. The predicted molar refractivity (Wildman–Crippen MR) is 75.0 cm³/mol. The van der Waals surface area contributed by atoms with Crippen molar-refractivity contribution in [3.63, 3.8) is 0 Å². The van der Waals surface area contributed by atoms with E-state index in [4.69, 9.17) is 11.6 Å². The van der Waals surface area contributed by atoms with Crippen molar-refractivity contribution in [3.05, 3.63) is 34.6 Å². The first-order valence-electron chi connectivity index (χ1n) is 6.79. The van der Waals surface area contributed by atoms with Crippen molar-refractivity contribution < 1.29 is 9.18 Å². The molecule has 4 heteroatoms. The molecule has 1 unspecified atom stereocenters. The first-order valence-corrected chi connectivity index (χ1v) is 7.17. The molecule has 1 fully saturated rings. The summed E-state index contributed by atoms with van der Waals surface area (Å²) in [5.74, 6) is -0.205. The van der Waals surface area contributed by atoms with Crippen LogP contribution in [0.2, 0.25) is 5.02 Å². The summed E-state index contributed by atoms with van der Waals surface area (Å²) < 4.78 is 13.0. The summed E-state index contributed by atoms with van der Waals surface area (Å²) in [4.78, 5) is 12.5. The third kappa shape index (κ3) is 3.15. The van der Waals surface area contributed by atoms with Gasteiger partial charge in [0.05, 0.1) is 5.54 Å². The van der Waals surface area contributed by atoms with Gasteiger partial charge in [-0.25, -0.2) is 4.39 Å². The highest BCUT2D eigenvalue weighted by Crippen LogP contribution is 2.28. The molecule has 0 amide bonds. The summed E-state index contributed by atoms with van der Waals surface area (Å²) in [5.41, 5.74) is 0.309. The largest absolute Gasteiger partial charge is 0.305 e. The fourth-order valence-corrected chi connectivity index (χ4v) is 3.07. The highest BCUT2D eigenvalue weighted by atomic mass is 35.5. The van der Waals surface area contributed by atoms with Gasteiger partial charge < -0.3 is 5.32 Å². The van der Waals surface area contributed by atoms with Crippen molar-refractivity contribution in [2.75, 3.05) is 6.54 Å². The fourth-order valence-electron chi connectivity index (χ4n) is 2.83. The highest BCUT2D eigenvalue weighted by Gasteiger charge is 2.39. The molecule has 1 saturated heterocycles. The third-order valence-corrected chi connectivity index (χ3v) is 4.17. The zero-order valence-electron chi connectivity index (χ0n) is 11.1. The van der Waals surface area contributed by atoms with E-state index in [1.165, 1.54) is 12.1 Å². The topological polar surface area (TPSA) is 29.1 Å². The number of halogens is 2. The number of benzene rings is 1. The molecule has 0 aliphatic carbocycles. The van der Waals surface area contributed by atoms with Gasteiger partial charge in [-0.3, -0.25) is 4.79 Å². The molecule has 1 aromatic rings. The van der Waals surface area contributed by atoms with Crippen molar-refractivity contribution >= 4 is 17.4 Å². The minimum atomic E-state index is -0.396. The average Bonchev–Trinajstić information content (AvgIpc) is 2.83. The molecule has 0 spiro atoms. The number of carbonyl (C=O) groups is 1. The molecule has 0 radical (unpaired) electrons. The van der Waals surface area contributed by atoms with Gasteiger partial charge in [0.25, 0.3) is 0 Å². The van der Waals surface area contributed by atoms with Gasteiger partial charge in [0.15, 0.2) is 5.78 Å². The number of hydrogen-bond acceptors (Lipinski definition) is 2. The van der Waals surface area contributed by atoms with Crippen molar-refractivity contribution in [2.24, 2.45) is 0 Å². The molecule has 1 aromatic carbocycles. The summed E-state index contributed by atoms with van der Waals surface area (Å²) >= 11 is 5.99. The van der Waals surface area contributed by atoms with Crippen molar-refractivity contribution in [1.82, 2.24) is 5.32 Å². The van der Waals surface area contributed by atoms with E-state index in [-0.39, 0.29) is 18.0 Å². The normalized spacial score (nSPS) is 22.7. The molecule has 104 valence electrons. The van der Waals surface area contributed by atoms with Crippen LogP contribution in [0.5, 0.6) is 0 Å². The summed E-state index contributed by atoms with van der Waals surface area (Å²) in [6, 6.07) is 4.21. The predicted octanol–water partition coefficient (Wildman–Crippen LogP) is 3.51. The first-order chi connectivity index (χ1) is 9.07. The lowest BCUT2D eigenvalue weighted by Gasteiger charge is -2.27. The van der Waals surface area contributed by atoms with Gasteiger partial charge in [-0.05, 0) is 43.5 Å². The van der Waals surface area contributed by atoms with Crippen LogP contribution in [0.3, 0.4) is 0 Å². The summed E-state index contributed by atoms with van der Waals surface area (Å²) in [5, 5.41) is 3.69. The lowest BCUT2D eigenvalue weighted by molar-refractivity contribution is -0.124. The number of hydrogen-bond donors (Lipinski definition) is 1. The lowest BCUT2D eigenvalue weighted by atomic mass is 9.84. The van der Waals surface area contributed by atoms with E-state index in [9.17, 15) is 9.18 Å². The van der Waals surface area contributed by atoms with Crippen molar-refractivity contribution in [1.29, 1.82) is 0 Å². The molecule has 2 rings (SSSR count). The fraction of sp³-hybridized carbons (Fsp3) is 0.533. The van der Waals surface area contributed by atoms with E-state index in [1.807, 2.05) is 0 Å². The molecule has 1 aliphatic heterocycles. The van der Waals surface area contributed by atoms with E-state index in [0.717, 1.165) is 32.2 Å². The molecule has 1 heterocycles. The van der Waals surface area contributed by atoms with Crippen LogP contribution in [-0.2, 0) is 11.2 Å². The Labute approximate surface area is 118 Å². The Morgan fingerprint density at radius 3 is 2.89 bits per heavy atom. The van der Waals surface area contributed by atoms with Gasteiger partial charge in [0.2, 0.25) is 0 Å². The minimum Gasteiger partial charge on any atom is -0.305 e. The van der Waals surface area contributed by atoms with E-state index >= 15 is 0 Å². The maximum atomic E-state index is 13.0. The van der Waals surface area contributed by atoms with Crippen LogP contribution >= 0.6 is 11.6 Å². The van der Waals surface area contributed by atoms with Gasteiger partial charge >= 0.3 is 0 Å². The minimum absolute atomic E-state index is 0.167. The Morgan fingerprint density at radius 1 is 1.53 bits per heavy atom. The summed E-state index contributed by atoms with van der Waals surface area (Å²) in [7, 11) is 0. The second-order valence-corrected chi connectivity index (χ2v) is 5.61. The summed E-state index contributed by atoms with van der Waals surface area (Å²) in [6.45, 7) is 2.97. The van der Waals surface area contributed by atoms with E-state index in [0.29, 0.717) is 10.6 Å². The average molecular weight is 284 g/mol. The van der Waals surface area contributed by atoms with E-state index < -0.39 is 5.54 Å². The zero-order valence-corrected chi connectivity index (χ0v) is 11.9. The van der Waals surface area contributed by atoms with Gasteiger partial charge in [-0.15, -0.1) is 0 Å². The smallest absolute Gasteiger partial charge is 0.157 e. The highest BCUT2D eigenvalue weighted by molar-refractivity contribution is 6.31. The van der Waals surface area contributed by atoms with Gasteiger partial charge in [-0.2, -0.15) is 0 Å². The maximum Gasteiger partial charge on any atom is 0.157 e. The molecule has 0 saturated carbocycles. The monoisotopic (exact) mass is 283 g/mol. The standard InChI is InChI=1S/C15H19ClFNO/c1-2-6-15(7-3-8-18-15)14(19)9-11-4-5-12(17)10-13(11)16/h4-5,10,18H,2-3,6-9H2,1H3. The van der Waals surface area contributed by atoms with Gasteiger partial charge in [0.1, 0.15) is 5.82 Å². The second kappa shape index (κ2) is 6.02. The van der Waals surface area contributed by atoms with Crippen molar-refractivity contribution in [3.8, 4) is 0 Å². The van der Waals surface area contributed by atoms with Crippen LogP contribution in [-0.4, -0.2) is 17.9 Å². The lowest BCUT2D eigenvalue weighted by Crippen LogP contribution is -2.48. The number of nitrogens with one attached hydrogen (secondary N) is 1. The second-order valence-electron chi connectivity index (χ2n) is 5.20. The van der Waals surface area contributed by atoms with Crippen LogP contribution in [0.15, 0.2) is 18.2 Å². The first kappa shape index (κ1) is 14.5. The quantitative estimate of drug-likeness (QED) is 0.896. The van der Waals surface area contributed by atoms with Crippen LogP contribution in [0, 0.1) is 5.82 Å². The molecule has 0 bridgehead atoms. The van der Waals surface area contributed by atoms with Crippen LogP contribution < -0.4 is 5.32 Å². The molecule has 1 N–H and O–H groups in total. The Hall–Kier alpha value is -0.930. The van der Waals surface area contributed by atoms with Crippen molar-refractivity contribution in [2.45, 2.75) is 44.6 Å². The molecule has 19 heavy (non-hydrogen) atoms. The Balaban J connectivity index is 2.15. The van der Waals surface area contributed by atoms with E-state index in [2.05, 4.69) is 12.2 Å². The van der Waals surface area contributed by atoms with Crippen LogP contribution in [0.4, 0.5) is 4.39 Å². The molecule has 2 nitrogen and oxygen atoms in total. The third-order valence-electron chi connectivity index (χ3n) is 3.82. The summed E-state index contributed by atoms with van der Waals surface area (Å²) in [6.07, 6.45) is 4.01. The van der Waals surface area contributed by atoms with Gasteiger partial charge in [0, 0.05) is 11.4 Å². The van der Waals surface area contributed by atoms with Crippen LogP contribution in [0.25, 0.3) is 0 Å². The van der Waals surface area contributed by atoms with Crippen LogP contribution in [0.1, 0.15) is 38.2 Å². The Morgan fingerprint density at radius 2 is 2.32 bits per heavy atom. The molecule has 1 atom stereocenters. The molecular formula is C15H19ClFNO. The Kier molecular flexibility index (Phi) is 4.58. The Bertz CT molecular complexity index is 469. The molecular weight excluding hydrogens is 265 g/mol. The number of ketones is 1. The SMILES string of the molecule is CCCC1(C(=O)Cc2ccc(F)cc2Cl)CCCN1. The molecule has 1 aliphatic rings. The zero-order chi connectivity index (χ0) is 13.9. The molecule has 0 aromatic heterocycles. The maximum absolute atomic E-state index is 13.0. The van der Waals surface area contributed by atoms with Gasteiger partial charge in [-0.1, -0.05) is 31.0 Å². The number of rotatable bonds is 5.